The summed E-state index contributed by atoms with van der Waals surface area (Å²) < 4.78 is 30.2. The van der Waals surface area contributed by atoms with Crippen LogP contribution in [0.1, 0.15) is 28.4 Å². The van der Waals surface area contributed by atoms with Crippen LogP contribution in [0.15, 0.2) is 83.3 Å². The lowest BCUT2D eigenvalue weighted by atomic mass is 10.1. The van der Waals surface area contributed by atoms with Gasteiger partial charge in [-0.15, -0.1) is 0 Å². The average molecular weight is 461 g/mol. The van der Waals surface area contributed by atoms with Gasteiger partial charge in [-0.3, -0.25) is 9.59 Å². The molecule has 8 heteroatoms. The molecular weight excluding hydrogens is 440 g/mol. The highest BCUT2D eigenvalue weighted by Crippen LogP contribution is 2.22. The molecule has 33 heavy (non-hydrogen) atoms. The van der Waals surface area contributed by atoms with E-state index in [2.05, 4.69) is 5.32 Å². The zero-order chi connectivity index (χ0) is 24.0. The summed E-state index contributed by atoms with van der Waals surface area (Å²) in [6, 6.07) is 20.5. The summed E-state index contributed by atoms with van der Waals surface area (Å²) in [6.45, 7) is 3.22. The first-order valence-electron chi connectivity index (χ1n) is 9.84. The first-order valence-corrected chi connectivity index (χ1v) is 11.2. The van der Waals surface area contributed by atoms with E-state index in [0.717, 1.165) is 5.56 Å². The third-order valence-electron chi connectivity index (χ3n) is 4.60. The van der Waals surface area contributed by atoms with Crippen molar-refractivity contribution in [2.45, 2.75) is 18.7 Å². The molecule has 166 valence electrons. The lowest BCUT2D eigenvalue weighted by Crippen LogP contribution is -2.15. The number of nitrogens with zero attached hydrogens (tertiary/aromatic N) is 1. The summed E-state index contributed by atoms with van der Waals surface area (Å²) in [7, 11) is -4.05. The summed E-state index contributed by atoms with van der Waals surface area (Å²) in [5, 5.41) is 12.0. The third kappa shape index (κ3) is 5.93. The number of amides is 1. The normalized spacial score (nSPS) is 11.4. The van der Waals surface area contributed by atoms with Crippen LogP contribution in [-0.4, -0.2) is 20.1 Å². The molecule has 3 aromatic rings. The van der Waals surface area contributed by atoms with Gasteiger partial charge in [-0.25, -0.2) is 0 Å². The van der Waals surface area contributed by atoms with Crippen LogP contribution in [0, 0.1) is 18.3 Å². The van der Waals surface area contributed by atoms with Gasteiger partial charge in [0, 0.05) is 5.56 Å². The van der Waals surface area contributed by atoms with Gasteiger partial charge in [0.05, 0.1) is 5.69 Å². The molecular formula is C25H20N2O5S. The van der Waals surface area contributed by atoms with Gasteiger partial charge in [-0.1, -0.05) is 42.0 Å². The number of hydrogen-bond acceptors (Lipinski definition) is 6. The summed E-state index contributed by atoms with van der Waals surface area (Å²) in [4.78, 5) is 24.4. The third-order valence-corrected chi connectivity index (χ3v) is 5.87. The van der Waals surface area contributed by atoms with Gasteiger partial charge < -0.3 is 9.50 Å². The van der Waals surface area contributed by atoms with Crippen molar-refractivity contribution in [3.05, 3.63) is 95.1 Å². The fraction of sp³-hybridized carbons (Fsp3) is 0.0800. The van der Waals surface area contributed by atoms with Crippen molar-refractivity contribution >= 4 is 33.6 Å². The fourth-order valence-corrected chi connectivity index (χ4v) is 3.86. The monoisotopic (exact) mass is 460 g/mol. The lowest BCUT2D eigenvalue weighted by Gasteiger charge is -2.09. The maximum absolute atomic E-state index is 12.6. The number of para-hydroxylation sites is 1. The molecule has 3 rings (SSSR count). The molecule has 0 fully saturated rings. The number of rotatable bonds is 7. The zero-order valence-corrected chi connectivity index (χ0v) is 18.7. The fourth-order valence-electron chi connectivity index (χ4n) is 2.94. The minimum atomic E-state index is -4.05. The first kappa shape index (κ1) is 23.4. The Balaban J connectivity index is 1.83. The number of aryl methyl sites for hydroxylation is 1. The second kappa shape index (κ2) is 9.94. The standard InChI is InChI=1S/C25H20N2O5S/c1-17-10-12-22(13-11-17)33(30,31)32-21-7-5-6-19(15-21)14-20(16-26)25(29)27-24-9-4-3-8-23(24)18(2)28/h3-15H,1-2H3,(H,27,29)/b20-14-. The number of nitriles is 1. The number of benzene rings is 3. The molecule has 0 aliphatic carbocycles. The number of carbonyl (C=O) groups excluding carboxylic acids is 2. The number of ketones is 1. The van der Waals surface area contributed by atoms with Crippen LogP contribution in [0.3, 0.4) is 0 Å². The van der Waals surface area contributed by atoms with Crippen molar-refractivity contribution in [3.63, 3.8) is 0 Å². The molecule has 0 heterocycles. The van der Waals surface area contributed by atoms with Crippen molar-refractivity contribution < 1.29 is 22.2 Å². The van der Waals surface area contributed by atoms with Gasteiger partial charge in [0.25, 0.3) is 5.91 Å². The summed E-state index contributed by atoms with van der Waals surface area (Å²) in [5.41, 5.74) is 1.68. The maximum atomic E-state index is 12.6. The van der Waals surface area contributed by atoms with Crippen molar-refractivity contribution in [3.8, 4) is 11.8 Å². The quantitative estimate of drug-likeness (QED) is 0.240. The van der Waals surface area contributed by atoms with E-state index in [1.807, 2.05) is 13.0 Å². The molecule has 1 N–H and O–H groups in total. The smallest absolute Gasteiger partial charge is 0.339 e. The van der Waals surface area contributed by atoms with Gasteiger partial charge in [0.2, 0.25) is 0 Å². The van der Waals surface area contributed by atoms with E-state index in [1.54, 1.807) is 48.5 Å². The van der Waals surface area contributed by atoms with Crippen molar-refractivity contribution in [1.29, 1.82) is 5.26 Å². The van der Waals surface area contributed by atoms with Gasteiger partial charge >= 0.3 is 10.1 Å². The Morgan fingerprint density at radius 1 is 1.00 bits per heavy atom. The van der Waals surface area contributed by atoms with Crippen molar-refractivity contribution in [2.24, 2.45) is 0 Å². The van der Waals surface area contributed by atoms with E-state index in [1.165, 1.54) is 37.3 Å². The van der Waals surface area contributed by atoms with Crippen LogP contribution in [-0.2, 0) is 14.9 Å². The topological polar surface area (TPSA) is 113 Å². The Kier molecular flexibility index (Phi) is 7.06. The van der Waals surface area contributed by atoms with Crippen LogP contribution in [0.25, 0.3) is 6.08 Å². The van der Waals surface area contributed by atoms with E-state index < -0.39 is 16.0 Å². The van der Waals surface area contributed by atoms with Crippen LogP contribution in [0.5, 0.6) is 5.75 Å². The Hall–Kier alpha value is -4.22. The Labute approximate surface area is 192 Å². The molecule has 3 aromatic carbocycles. The predicted octanol–water partition coefficient (Wildman–Crippen LogP) is 4.51. The van der Waals surface area contributed by atoms with Crippen LogP contribution in [0.4, 0.5) is 5.69 Å². The van der Waals surface area contributed by atoms with Gasteiger partial charge in [0.15, 0.2) is 5.78 Å². The molecule has 0 atom stereocenters. The molecule has 0 bridgehead atoms. The molecule has 1 amide bonds. The van der Waals surface area contributed by atoms with E-state index in [4.69, 9.17) is 4.18 Å². The highest BCUT2D eigenvalue weighted by molar-refractivity contribution is 7.87. The van der Waals surface area contributed by atoms with Crippen LogP contribution in [0.2, 0.25) is 0 Å². The average Bonchev–Trinajstić information content (AvgIpc) is 2.78. The maximum Gasteiger partial charge on any atom is 0.339 e. The minimum Gasteiger partial charge on any atom is -0.379 e. The molecule has 7 nitrogen and oxygen atoms in total. The van der Waals surface area contributed by atoms with Crippen molar-refractivity contribution in [1.82, 2.24) is 0 Å². The Morgan fingerprint density at radius 3 is 2.36 bits per heavy atom. The second-order valence-electron chi connectivity index (χ2n) is 7.15. The molecule has 0 radical (unpaired) electrons. The predicted molar refractivity (Wildman–Crippen MR) is 124 cm³/mol. The molecule has 0 saturated carbocycles. The molecule has 0 saturated heterocycles. The molecule has 0 aromatic heterocycles. The summed E-state index contributed by atoms with van der Waals surface area (Å²) in [6.07, 6.45) is 1.30. The molecule has 0 spiro atoms. The Bertz CT molecular complexity index is 1380. The largest absolute Gasteiger partial charge is 0.379 e. The van der Waals surface area contributed by atoms with Crippen LogP contribution < -0.4 is 9.50 Å². The van der Waals surface area contributed by atoms with Crippen LogP contribution >= 0.6 is 0 Å². The minimum absolute atomic E-state index is 0.00951. The first-order chi connectivity index (χ1) is 15.7. The number of nitrogens with one attached hydrogen (secondary N) is 1. The highest BCUT2D eigenvalue weighted by Gasteiger charge is 2.17. The Morgan fingerprint density at radius 2 is 1.70 bits per heavy atom. The number of hydrogen-bond donors (Lipinski definition) is 1. The number of anilines is 1. The number of carbonyl (C=O) groups is 2. The molecule has 0 unspecified atom stereocenters. The van der Waals surface area contributed by atoms with E-state index in [-0.39, 0.29) is 27.7 Å². The summed E-state index contributed by atoms with van der Waals surface area (Å²) >= 11 is 0. The summed E-state index contributed by atoms with van der Waals surface area (Å²) in [5.74, 6) is -0.901. The molecule has 0 aliphatic heterocycles. The zero-order valence-electron chi connectivity index (χ0n) is 17.9. The second-order valence-corrected chi connectivity index (χ2v) is 8.70. The molecule has 0 aliphatic rings. The van der Waals surface area contributed by atoms with E-state index in [0.29, 0.717) is 11.1 Å². The van der Waals surface area contributed by atoms with Gasteiger partial charge in [0.1, 0.15) is 22.3 Å². The number of Topliss-reactive ketones (excluding diaryl/α,β-unsaturated/α-hetero) is 1. The van der Waals surface area contributed by atoms with Gasteiger partial charge in [-0.2, -0.15) is 13.7 Å². The highest BCUT2D eigenvalue weighted by atomic mass is 32.2. The van der Waals surface area contributed by atoms with Gasteiger partial charge in [-0.05, 0) is 61.9 Å². The van der Waals surface area contributed by atoms with E-state index >= 15 is 0 Å². The van der Waals surface area contributed by atoms with E-state index in [9.17, 15) is 23.3 Å². The van der Waals surface area contributed by atoms with Crippen molar-refractivity contribution in [2.75, 3.05) is 5.32 Å². The SMILES string of the molecule is CC(=O)c1ccccc1NC(=O)/C(C#N)=C\c1cccc(OS(=O)(=O)c2ccc(C)cc2)c1. The lowest BCUT2D eigenvalue weighted by molar-refractivity contribution is -0.112.